The third kappa shape index (κ3) is 3.61. The maximum Gasteiger partial charge on any atom is 0.254 e. The van der Waals surface area contributed by atoms with Crippen LogP contribution in [-0.2, 0) is 6.54 Å². The molecule has 1 amide bonds. The van der Waals surface area contributed by atoms with Crippen LogP contribution >= 0.6 is 0 Å². The summed E-state index contributed by atoms with van der Waals surface area (Å²) in [6.45, 7) is 4.60. The van der Waals surface area contributed by atoms with Gasteiger partial charge >= 0.3 is 0 Å². The summed E-state index contributed by atoms with van der Waals surface area (Å²) in [5.74, 6) is 0.185. The zero-order chi connectivity index (χ0) is 16.4. The van der Waals surface area contributed by atoms with Gasteiger partial charge in [0.15, 0.2) is 0 Å². The van der Waals surface area contributed by atoms with E-state index in [2.05, 4.69) is 13.8 Å². The molecule has 2 aromatic rings. The molecule has 0 aromatic heterocycles. The highest BCUT2D eigenvalue weighted by Crippen LogP contribution is 2.30. The van der Waals surface area contributed by atoms with E-state index < -0.39 is 0 Å². The number of nitrogens with zero attached hydrogens (tertiary/aromatic N) is 1. The molecule has 0 aliphatic heterocycles. The van der Waals surface area contributed by atoms with Crippen LogP contribution in [0.25, 0.3) is 0 Å². The maximum atomic E-state index is 13.9. The van der Waals surface area contributed by atoms with Gasteiger partial charge in [-0.05, 0) is 42.5 Å². The van der Waals surface area contributed by atoms with Crippen molar-refractivity contribution >= 4 is 5.91 Å². The fourth-order valence-corrected chi connectivity index (χ4v) is 2.74. The summed E-state index contributed by atoms with van der Waals surface area (Å²) in [7, 11) is 0. The lowest BCUT2D eigenvalue weighted by molar-refractivity contribution is 0.0728. The van der Waals surface area contributed by atoms with Gasteiger partial charge in [0.1, 0.15) is 5.82 Å². The average Bonchev–Trinajstić information content (AvgIpc) is 3.38. The van der Waals surface area contributed by atoms with Gasteiger partial charge in [0.25, 0.3) is 5.91 Å². The first-order chi connectivity index (χ1) is 11.1. The van der Waals surface area contributed by atoms with E-state index in [1.807, 2.05) is 35.2 Å². The van der Waals surface area contributed by atoms with E-state index in [-0.39, 0.29) is 17.8 Å². The minimum atomic E-state index is -0.249. The molecule has 1 fully saturated rings. The van der Waals surface area contributed by atoms with E-state index >= 15 is 0 Å². The van der Waals surface area contributed by atoms with Crippen LogP contribution < -0.4 is 0 Å². The van der Waals surface area contributed by atoms with E-state index in [1.54, 1.807) is 12.1 Å². The third-order valence-electron chi connectivity index (χ3n) is 4.37. The Morgan fingerprint density at radius 1 is 1.13 bits per heavy atom. The smallest absolute Gasteiger partial charge is 0.254 e. The van der Waals surface area contributed by atoms with E-state index in [4.69, 9.17) is 0 Å². The lowest BCUT2D eigenvalue weighted by Crippen LogP contribution is -2.32. The number of rotatable bonds is 5. The van der Waals surface area contributed by atoms with Crippen LogP contribution in [-0.4, -0.2) is 16.8 Å². The Morgan fingerprint density at radius 2 is 1.78 bits per heavy atom. The van der Waals surface area contributed by atoms with Crippen molar-refractivity contribution in [3.05, 3.63) is 71.0 Å². The predicted molar refractivity (Wildman–Crippen MR) is 89.8 cm³/mol. The second-order valence-electron chi connectivity index (χ2n) is 6.53. The maximum absolute atomic E-state index is 13.9. The zero-order valence-corrected chi connectivity index (χ0v) is 13.6. The monoisotopic (exact) mass is 311 g/mol. The first-order valence-corrected chi connectivity index (χ1v) is 8.20. The molecule has 0 spiro atoms. The fraction of sp³-hybridized carbons (Fsp3) is 0.350. The quantitative estimate of drug-likeness (QED) is 0.780. The van der Waals surface area contributed by atoms with Crippen molar-refractivity contribution in [3.8, 4) is 0 Å². The molecule has 2 aromatic carbocycles. The highest BCUT2D eigenvalue weighted by Gasteiger charge is 2.33. The fourth-order valence-electron chi connectivity index (χ4n) is 2.74. The Bertz CT molecular complexity index is 689. The summed E-state index contributed by atoms with van der Waals surface area (Å²) in [5.41, 5.74) is 2.47. The number of amides is 1. The molecular weight excluding hydrogens is 289 g/mol. The molecule has 0 unspecified atom stereocenters. The van der Waals surface area contributed by atoms with Crippen molar-refractivity contribution in [2.45, 2.75) is 45.2 Å². The van der Waals surface area contributed by atoms with Crippen LogP contribution in [0.1, 0.15) is 54.1 Å². The van der Waals surface area contributed by atoms with Crippen LogP contribution in [0.15, 0.2) is 48.5 Å². The second kappa shape index (κ2) is 6.53. The summed E-state index contributed by atoms with van der Waals surface area (Å²) < 4.78 is 13.9. The number of halogens is 1. The van der Waals surface area contributed by atoms with Gasteiger partial charge in [0.05, 0.1) is 0 Å². The molecule has 120 valence electrons. The van der Waals surface area contributed by atoms with Gasteiger partial charge < -0.3 is 4.90 Å². The van der Waals surface area contributed by atoms with Gasteiger partial charge in [0, 0.05) is 23.7 Å². The molecule has 1 aliphatic carbocycles. The van der Waals surface area contributed by atoms with Crippen molar-refractivity contribution in [1.82, 2.24) is 4.90 Å². The van der Waals surface area contributed by atoms with Crippen LogP contribution in [0.3, 0.4) is 0 Å². The standard InChI is InChI=1S/C20H22FNO/c1-14(2)15-7-9-16(10-8-15)20(23)22(18-11-12-18)13-17-5-3-4-6-19(17)21/h3-10,14,18H,11-13H2,1-2H3. The van der Waals surface area contributed by atoms with Crippen molar-refractivity contribution in [2.24, 2.45) is 0 Å². The number of carbonyl (C=O) groups is 1. The van der Waals surface area contributed by atoms with Crippen LogP contribution in [0, 0.1) is 5.82 Å². The number of hydrogen-bond donors (Lipinski definition) is 0. The molecular formula is C20H22FNO. The first-order valence-electron chi connectivity index (χ1n) is 8.20. The Hall–Kier alpha value is -2.16. The molecule has 0 N–H and O–H groups in total. The lowest BCUT2D eigenvalue weighted by Gasteiger charge is -2.23. The van der Waals surface area contributed by atoms with Gasteiger partial charge in [-0.1, -0.05) is 44.2 Å². The Balaban J connectivity index is 1.81. The van der Waals surface area contributed by atoms with Crippen molar-refractivity contribution in [2.75, 3.05) is 0 Å². The molecule has 1 aliphatic rings. The molecule has 23 heavy (non-hydrogen) atoms. The number of hydrogen-bond acceptors (Lipinski definition) is 1. The molecule has 1 saturated carbocycles. The highest BCUT2D eigenvalue weighted by molar-refractivity contribution is 5.94. The molecule has 0 heterocycles. The zero-order valence-electron chi connectivity index (χ0n) is 13.6. The molecule has 3 heteroatoms. The van der Waals surface area contributed by atoms with Crippen LogP contribution in [0.4, 0.5) is 4.39 Å². The Kier molecular flexibility index (Phi) is 4.46. The van der Waals surface area contributed by atoms with Gasteiger partial charge in [0.2, 0.25) is 0 Å². The molecule has 0 radical (unpaired) electrons. The number of carbonyl (C=O) groups excluding carboxylic acids is 1. The molecule has 0 bridgehead atoms. The van der Waals surface area contributed by atoms with Crippen molar-refractivity contribution in [1.29, 1.82) is 0 Å². The summed E-state index contributed by atoms with van der Waals surface area (Å²) in [6.07, 6.45) is 2.01. The topological polar surface area (TPSA) is 20.3 Å². The molecule has 0 atom stereocenters. The summed E-state index contributed by atoms with van der Waals surface area (Å²) in [6, 6.07) is 14.7. The minimum absolute atomic E-state index is 0.00828. The van der Waals surface area contributed by atoms with E-state index in [0.717, 1.165) is 12.8 Å². The molecule has 2 nitrogen and oxygen atoms in total. The lowest BCUT2D eigenvalue weighted by atomic mass is 10.0. The first kappa shape index (κ1) is 15.7. The predicted octanol–water partition coefficient (Wildman–Crippen LogP) is 4.75. The van der Waals surface area contributed by atoms with Gasteiger partial charge in [-0.15, -0.1) is 0 Å². The van der Waals surface area contributed by atoms with E-state index in [1.165, 1.54) is 11.6 Å². The van der Waals surface area contributed by atoms with Crippen molar-refractivity contribution in [3.63, 3.8) is 0 Å². The Labute approximate surface area is 136 Å². The van der Waals surface area contributed by atoms with Gasteiger partial charge in [-0.3, -0.25) is 4.79 Å². The van der Waals surface area contributed by atoms with Crippen LogP contribution in [0.5, 0.6) is 0 Å². The van der Waals surface area contributed by atoms with Crippen LogP contribution in [0.2, 0.25) is 0 Å². The van der Waals surface area contributed by atoms with E-state index in [0.29, 0.717) is 23.6 Å². The second-order valence-corrected chi connectivity index (χ2v) is 6.53. The molecule has 3 rings (SSSR count). The SMILES string of the molecule is CC(C)c1ccc(C(=O)N(Cc2ccccc2F)C2CC2)cc1. The summed E-state index contributed by atoms with van der Waals surface area (Å²) >= 11 is 0. The Morgan fingerprint density at radius 3 is 2.35 bits per heavy atom. The highest BCUT2D eigenvalue weighted by atomic mass is 19.1. The molecule has 0 saturated heterocycles. The van der Waals surface area contributed by atoms with Gasteiger partial charge in [-0.2, -0.15) is 0 Å². The van der Waals surface area contributed by atoms with Gasteiger partial charge in [-0.25, -0.2) is 4.39 Å². The number of benzene rings is 2. The third-order valence-corrected chi connectivity index (χ3v) is 4.37. The summed E-state index contributed by atoms with van der Waals surface area (Å²) in [4.78, 5) is 14.6. The summed E-state index contributed by atoms with van der Waals surface area (Å²) in [5, 5.41) is 0. The minimum Gasteiger partial charge on any atom is -0.331 e. The van der Waals surface area contributed by atoms with Crippen molar-refractivity contribution < 1.29 is 9.18 Å². The van der Waals surface area contributed by atoms with E-state index in [9.17, 15) is 9.18 Å². The largest absolute Gasteiger partial charge is 0.331 e. The average molecular weight is 311 g/mol. The normalized spacial score (nSPS) is 14.1.